The Balaban J connectivity index is 2.43. The zero-order valence-corrected chi connectivity index (χ0v) is 15.0. The number of rotatable bonds is 4. The van der Waals surface area contributed by atoms with Crippen molar-refractivity contribution in [1.29, 1.82) is 0 Å². The third kappa shape index (κ3) is 3.20. The molecule has 1 atom stereocenters. The molecule has 0 N–H and O–H groups in total. The second kappa shape index (κ2) is 6.04. The molecule has 1 heterocycles. The standard InChI is InChI=1S/C13H15Br2ClO2S/c14-8-13(9-15,10-2-1-3-12(16)6-10)11-4-5-19(17,18)7-11/h1-3,6,11H,4-5,7-9H2. The first kappa shape index (κ1) is 15.8. The van der Waals surface area contributed by atoms with Crippen molar-refractivity contribution in [3.05, 3.63) is 34.9 Å². The summed E-state index contributed by atoms with van der Waals surface area (Å²) in [5, 5.41) is 2.11. The van der Waals surface area contributed by atoms with Crippen molar-refractivity contribution < 1.29 is 8.42 Å². The minimum absolute atomic E-state index is 0.120. The van der Waals surface area contributed by atoms with Crippen LogP contribution in [0.5, 0.6) is 0 Å². The average Bonchev–Trinajstić information content (AvgIpc) is 2.73. The van der Waals surface area contributed by atoms with E-state index >= 15 is 0 Å². The fourth-order valence-electron chi connectivity index (χ4n) is 2.67. The van der Waals surface area contributed by atoms with Crippen LogP contribution in [-0.2, 0) is 15.3 Å². The predicted molar refractivity (Wildman–Crippen MR) is 87.5 cm³/mol. The number of hydrogen-bond donors (Lipinski definition) is 0. The van der Waals surface area contributed by atoms with E-state index in [0.29, 0.717) is 27.9 Å². The Labute approximate surface area is 136 Å². The van der Waals surface area contributed by atoms with Crippen LogP contribution in [0, 0.1) is 5.92 Å². The highest BCUT2D eigenvalue weighted by atomic mass is 79.9. The molecule has 0 amide bonds. The zero-order valence-electron chi connectivity index (χ0n) is 10.3. The van der Waals surface area contributed by atoms with E-state index in [1.165, 1.54) is 0 Å². The monoisotopic (exact) mass is 428 g/mol. The van der Waals surface area contributed by atoms with E-state index in [9.17, 15) is 8.42 Å². The van der Waals surface area contributed by atoms with Crippen LogP contribution in [0.1, 0.15) is 12.0 Å². The molecule has 0 saturated carbocycles. The van der Waals surface area contributed by atoms with Gasteiger partial charge in [-0.25, -0.2) is 8.42 Å². The molecule has 1 aromatic rings. The molecular formula is C13H15Br2ClO2S. The Hall–Kier alpha value is 0.420. The maximum atomic E-state index is 11.8. The van der Waals surface area contributed by atoms with Gasteiger partial charge in [0, 0.05) is 21.1 Å². The van der Waals surface area contributed by atoms with Crippen LogP contribution >= 0.6 is 43.5 Å². The highest BCUT2D eigenvalue weighted by Crippen LogP contribution is 2.42. The highest BCUT2D eigenvalue weighted by Gasteiger charge is 2.44. The van der Waals surface area contributed by atoms with Crippen molar-refractivity contribution in [1.82, 2.24) is 0 Å². The third-order valence-electron chi connectivity index (χ3n) is 3.89. The van der Waals surface area contributed by atoms with Gasteiger partial charge in [-0.3, -0.25) is 0 Å². The van der Waals surface area contributed by atoms with Crippen molar-refractivity contribution in [2.45, 2.75) is 11.8 Å². The first-order valence-corrected chi connectivity index (χ1v) is 10.5. The summed E-state index contributed by atoms with van der Waals surface area (Å²) in [6, 6.07) is 7.72. The molecule has 6 heteroatoms. The van der Waals surface area contributed by atoms with Crippen LogP contribution < -0.4 is 0 Å². The molecule has 0 aliphatic carbocycles. The molecule has 0 radical (unpaired) electrons. The molecule has 0 bridgehead atoms. The Kier molecular flexibility index (Phi) is 5.02. The number of hydrogen-bond acceptors (Lipinski definition) is 2. The summed E-state index contributed by atoms with van der Waals surface area (Å²) in [6.45, 7) is 0. The smallest absolute Gasteiger partial charge is 0.150 e. The van der Waals surface area contributed by atoms with Gasteiger partial charge in [0.1, 0.15) is 0 Å². The molecule has 19 heavy (non-hydrogen) atoms. The second-order valence-electron chi connectivity index (χ2n) is 5.03. The topological polar surface area (TPSA) is 34.1 Å². The van der Waals surface area contributed by atoms with Crippen molar-refractivity contribution in [3.8, 4) is 0 Å². The third-order valence-corrected chi connectivity index (χ3v) is 7.89. The highest BCUT2D eigenvalue weighted by molar-refractivity contribution is 9.09. The van der Waals surface area contributed by atoms with E-state index in [1.54, 1.807) is 0 Å². The lowest BCUT2D eigenvalue weighted by atomic mass is 9.73. The van der Waals surface area contributed by atoms with Crippen molar-refractivity contribution >= 4 is 53.3 Å². The number of benzene rings is 1. The van der Waals surface area contributed by atoms with E-state index in [0.717, 1.165) is 5.56 Å². The van der Waals surface area contributed by atoms with Crippen molar-refractivity contribution in [2.24, 2.45) is 5.92 Å². The molecule has 0 aromatic heterocycles. The molecule has 0 spiro atoms. The van der Waals surface area contributed by atoms with E-state index in [2.05, 4.69) is 31.9 Å². The van der Waals surface area contributed by atoms with Crippen LogP contribution in [0.4, 0.5) is 0 Å². The largest absolute Gasteiger partial charge is 0.229 e. The van der Waals surface area contributed by atoms with Gasteiger partial charge in [0.15, 0.2) is 9.84 Å². The van der Waals surface area contributed by atoms with Crippen LogP contribution in [0.3, 0.4) is 0 Å². The van der Waals surface area contributed by atoms with E-state index in [1.807, 2.05) is 24.3 Å². The van der Waals surface area contributed by atoms with E-state index < -0.39 is 9.84 Å². The average molecular weight is 431 g/mol. The van der Waals surface area contributed by atoms with Crippen molar-refractivity contribution in [2.75, 3.05) is 22.2 Å². The molecule has 106 valence electrons. The van der Waals surface area contributed by atoms with Gasteiger partial charge >= 0.3 is 0 Å². The predicted octanol–water partition coefficient (Wildman–Crippen LogP) is 3.80. The summed E-state index contributed by atoms with van der Waals surface area (Å²) in [5.41, 5.74) is 0.866. The Morgan fingerprint density at radius 1 is 1.32 bits per heavy atom. The summed E-state index contributed by atoms with van der Waals surface area (Å²) >= 11 is 13.2. The lowest BCUT2D eigenvalue weighted by Crippen LogP contribution is -2.39. The lowest BCUT2D eigenvalue weighted by molar-refractivity contribution is 0.369. The SMILES string of the molecule is O=S1(=O)CCC(C(CBr)(CBr)c2cccc(Cl)c2)C1. The van der Waals surface area contributed by atoms with Crippen molar-refractivity contribution in [3.63, 3.8) is 0 Å². The molecule has 2 rings (SSSR count). The fourth-order valence-corrected chi connectivity index (χ4v) is 7.26. The van der Waals surface area contributed by atoms with Crippen LogP contribution in [-0.4, -0.2) is 30.6 Å². The van der Waals surface area contributed by atoms with Gasteiger partial charge < -0.3 is 0 Å². The number of alkyl halides is 2. The molecule has 1 saturated heterocycles. The van der Waals surface area contributed by atoms with Gasteiger partial charge in [-0.2, -0.15) is 0 Å². The van der Waals surface area contributed by atoms with Gasteiger partial charge in [0.05, 0.1) is 11.5 Å². The fraction of sp³-hybridized carbons (Fsp3) is 0.538. The van der Waals surface area contributed by atoms with E-state index in [-0.39, 0.29) is 17.1 Å². The van der Waals surface area contributed by atoms with Gasteiger partial charge in [-0.15, -0.1) is 0 Å². The van der Waals surface area contributed by atoms with E-state index in [4.69, 9.17) is 11.6 Å². The summed E-state index contributed by atoms with van der Waals surface area (Å²) in [6.07, 6.45) is 0.714. The molecule has 1 unspecified atom stereocenters. The number of sulfone groups is 1. The zero-order chi connectivity index (χ0) is 14.1. The minimum atomic E-state index is -2.89. The maximum Gasteiger partial charge on any atom is 0.150 e. The van der Waals surface area contributed by atoms with Gasteiger partial charge in [0.25, 0.3) is 0 Å². The first-order valence-electron chi connectivity index (χ1n) is 6.02. The van der Waals surface area contributed by atoms with Crippen LogP contribution in [0.15, 0.2) is 24.3 Å². The quantitative estimate of drug-likeness (QED) is 0.681. The molecule has 1 fully saturated rings. The van der Waals surface area contributed by atoms with Gasteiger partial charge in [-0.05, 0) is 30.0 Å². The molecule has 2 nitrogen and oxygen atoms in total. The first-order chi connectivity index (χ1) is 8.93. The molecule has 1 aliphatic rings. The Morgan fingerprint density at radius 2 is 2.00 bits per heavy atom. The van der Waals surface area contributed by atoms with Crippen LogP contribution in [0.2, 0.25) is 5.02 Å². The normalized spacial score (nSPS) is 22.6. The van der Waals surface area contributed by atoms with Crippen LogP contribution in [0.25, 0.3) is 0 Å². The lowest BCUT2D eigenvalue weighted by Gasteiger charge is -2.36. The molecular weight excluding hydrogens is 415 g/mol. The Morgan fingerprint density at radius 3 is 2.47 bits per heavy atom. The minimum Gasteiger partial charge on any atom is -0.229 e. The second-order valence-corrected chi connectivity index (χ2v) is 8.82. The summed E-state index contributed by atoms with van der Waals surface area (Å²) in [4.78, 5) is 0. The van der Waals surface area contributed by atoms with Gasteiger partial charge in [-0.1, -0.05) is 55.6 Å². The summed E-state index contributed by atoms with van der Waals surface area (Å²) < 4.78 is 23.5. The van der Waals surface area contributed by atoms with Gasteiger partial charge in [0.2, 0.25) is 0 Å². The summed E-state index contributed by atoms with van der Waals surface area (Å²) in [5.74, 6) is 0.672. The molecule has 1 aromatic carbocycles. The number of halogens is 3. The Bertz CT molecular complexity index is 556. The maximum absolute atomic E-state index is 11.8. The summed E-state index contributed by atoms with van der Waals surface area (Å²) in [7, 11) is -2.89. The molecule has 1 aliphatic heterocycles.